The van der Waals surface area contributed by atoms with E-state index in [1.54, 1.807) is 0 Å². The third-order valence-electron chi connectivity index (χ3n) is 3.84. The number of esters is 2. The minimum Gasteiger partial charge on any atom is -0.465 e. The Morgan fingerprint density at radius 2 is 1.70 bits per heavy atom. The molecule has 1 heterocycles. The van der Waals surface area contributed by atoms with Crippen molar-refractivity contribution >= 4 is 56.6 Å². The van der Waals surface area contributed by atoms with Gasteiger partial charge in [0.25, 0.3) is 5.91 Å². The number of benzene rings is 2. The van der Waals surface area contributed by atoms with Crippen LogP contribution in [0.25, 0.3) is 10.1 Å². The number of anilines is 1. The third-order valence-corrected chi connectivity index (χ3v) is 5.51. The Bertz CT molecular complexity index is 1060. The van der Waals surface area contributed by atoms with Crippen LogP contribution in [0.15, 0.2) is 42.5 Å². The molecule has 6 nitrogen and oxygen atoms in total. The van der Waals surface area contributed by atoms with Crippen LogP contribution >= 0.6 is 22.9 Å². The second-order valence-corrected chi connectivity index (χ2v) is 6.87. The molecule has 0 aliphatic heterocycles. The Kier molecular flexibility index (Phi) is 5.43. The van der Waals surface area contributed by atoms with Crippen LogP contribution < -0.4 is 5.32 Å². The van der Waals surface area contributed by atoms with E-state index < -0.39 is 17.8 Å². The van der Waals surface area contributed by atoms with E-state index in [0.29, 0.717) is 9.90 Å². The van der Waals surface area contributed by atoms with Gasteiger partial charge in [0, 0.05) is 10.1 Å². The van der Waals surface area contributed by atoms with Crippen molar-refractivity contribution < 1.29 is 23.9 Å². The van der Waals surface area contributed by atoms with Gasteiger partial charge in [-0.3, -0.25) is 4.79 Å². The average molecular weight is 404 g/mol. The summed E-state index contributed by atoms with van der Waals surface area (Å²) in [6, 6.07) is 11.5. The molecule has 0 unspecified atom stereocenters. The Labute approximate surface area is 163 Å². The lowest BCUT2D eigenvalue weighted by molar-refractivity contribution is 0.0587. The van der Waals surface area contributed by atoms with E-state index >= 15 is 0 Å². The zero-order chi connectivity index (χ0) is 19.6. The van der Waals surface area contributed by atoms with E-state index in [9.17, 15) is 14.4 Å². The first-order valence-corrected chi connectivity index (χ1v) is 8.94. The molecule has 0 spiro atoms. The molecule has 2 aromatic carbocycles. The van der Waals surface area contributed by atoms with E-state index in [2.05, 4.69) is 10.1 Å². The summed E-state index contributed by atoms with van der Waals surface area (Å²) in [6.45, 7) is 0. The van der Waals surface area contributed by atoms with Gasteiger partial charge in [-0.1, -0.05) is 29.8 Å². The number of methoxy groups -OCH3 is 2. The van der Waals surface area contributed by atoms with Crippen molar-refractivity contribution in [2.75, 3.05) is 19.5 Å². The van der Waals surface area contributed by atoms with Crippen molar-refractivity contribution in [1.29, 1.82) is 0 Å². The normalized spacial score (nSPS) is 10.5. The van der Waals surface area contributed by atoms with Gasteiger partial charge in [-0.2, -0.15) is 0 Å². The minimum atomic E-state index is -0.649. The fourth-order valence-corrected chi connectivity index (χ4v) is 3.93. The van der Waals surface area contributed by atoms with Gasteiger partial charge in [-0.05, 0) is 24.3 Å². The highest BCUT2D eigenvalue weighted by Crippen LogP contribution is 2.35. The highest BCUT2D eigenvalue weighted by molar-refractivity contribution is 7.21. The van der Waals surface area contributed by atoms with Crippen LogP contribution in [0.4, 0.5) is 5.69 Å². The molecule has 0 fully saturated rings. The molecule has 0 radical (unpaired) electrons. The molecular weight excluding hydrogens is 390 g/mol. The predicted octanol–water partition coefficient (Wildman–Crippen LogP) is 4.38. The van der Waals surface area contributed by atoms with Crippen molar-refractivity contribution in [3.8, 4) is 0 Å². The highest BCUT2D eigenvalue weighted by atomic mass is 35.5. The fraction of sp³-hybridized carbons (Fsp3) is 0.105. The van der Waals surface area contributed by atoms with Crippen molar-refractivity contribution in [2.45, 2.75) is 0 Å². The number of nitrogens with one attached hydrogen (secondary N) is 1. The number of amides is 1. The number of carbonyl (C=O) groups excluding carboxylic acids is 3. The van der Waals surface area contributed by atoms with E-state index in [-0.39, 0.29) is 16.8 Å². The summed E-state index contributed by atoms with van der Waals surface area (Å²) in [5.74, 6) is -1.74. The molecule has 138 valence electrons. The fourth-order valence-electron chi connectivity index (χ4n) is 2.52. The molecule has 0 bridgehead atoms. The van der Waals surface area contributed by atoms with E-state index in [0.717, 1.165) is 10.1 Å². The summed E-state index contributed by atoms with van der Waals surface area (Å²) < 4.78 is 10.3. The zero-order valence-electron chi connectivity index (χ0n) is 14.4. The maximum absolute atomic E-state index is 12.8. The average Bonchev–Trinajstić information content (AvgIpc) is 3.03. The SMILES string of the molecule is COC(=O)c1ccc(C(=O)OC)c(NC(=O)c2sc3ccccc3c2Cl)c1. The monoisotopic (exact) mass is 403 g/mol. The van der Waals surface area contributed by atoms with Crippen LogP contribution in [0.2, 0.25) is 5.02 Å². The lowest BCUT2D eigenvalue weighted by atomic mass is 10.1. The van der Waals surface area contributed by atoms with Crippen LogP contribution in [-0.2, 0) is 9.47 Å². The molecule has 0 aliphatic carbocycles. The standard InChI is InChI=1S/C19H14ClNO5S/c1-25-18(23)10-7-8-11(19(24)26-2)13(9-10)21-17(22)16-15(20)12-5-3-4-6-14(12)27-16/h3-9H,1-2H3,(H,21,22). The summed E-state index contributed by atoms with van der Waals surface area (Å²) in [5.41, 5.74) is 0.418. The first kappa shape index (κ1) is 18.9. The number of halogens is 1. The zero-order valence-corrected chi connectivity index (χ0v) is 15.9. The molecule has 1 N–H and O–H groups in total. The topological polar surface area (TPSA) is 81.7 Å². The quantitative estimate of drug-likeness (QED) is 0.654. The predicted molar refractivity (Wildman–Crippen MR) is 104 cm³/mol. The second kappa shape index (κ2) is 7.77. The summed E-state index contributed by atoms with van der Waals surface area (Å²) in [6.07, 6.45) is 0. The highest BCUT2D eigenvalue weighted by Gasteiger charge is 2.21. The van der Waals surface area contributed by atoms with Crippen molar-refractivity contribution in [2.24, 2.45) is 0 Å². The van der Waals surface area contributed by atoms with Crippen LogP contribution in [0.1, 0.15) is 30.4 Å². The molecule has 3 rings (SSSR count). The first-order valence-electron chi connectivity index (χ1n) is 7.75. The molecule has 0 saturated heterocycles. The Hall–Kier alpha value is -2.90. The van der Waals surface area contributed by atoms with Crippen molar-refractivity contribution in [1.82, 2.24) is 0 Å². The number of hydrogen-bond donors (Lipinski definition) is 1. The molecule has 27 heavy (non-hydrogen) atoms. The number of carbonyl (C=O) groups is 3. The van der Waals surface area contributed by atoms with Gasteiger partial charge in [-0.15, -0.1) is 11.3 Å². The third kappa shape index (κ3) is 3.65. The molecule has 1 aromatic heterocycles. The van der Waals surface area contributed by atoms with Gasteiger partial charge in [-0.25, -0.2) is 9.59 Å². The summed E-state index contributed by atoms with van der Waals surface area (Å²) in [7, 11) is 2.47. The molecular formula is C19H14ClNO5S. The summed E-state index contributed by atoms with van der Waals surface area (Å²) in [4.78, 5) is 36.8. The number of fused-ring (bicyclic) bond motifs is 1. The molecule has 0 aliphatic rings. The second-order valence-electron chi connectivity index (χ2n) is 5.44. The summed E-state index contributed by atoms with van der Waals surface area (Å²) in [5, 5.41) is 3.74. The van der Waals surface area contributed by atoms with Crippen LogP contribution in [0.5, 0.6) is 0 Å². The van der Waals surface area contributed by atoms with E-state index in [1.165, 1.54) is 43.8 Å². The van der Waals surface area contributed by atoms with Gasteiger partial charge in [0.2, 0.25) is 0 Å². The van der Waals surface area contributed by atoms with Crippen molar-refractivity contribution in [3.63, 3.8) is 0 Å². The van der Waals surface area contributed by atoms with Gasteiger partial charge < -0.3 is 14.8 Å². The number of rotatable bonds is 4. The lowest BCUT2D eigenvalue weighted by Crippen LogP contribution is -2.16. The van der Waals surface area contributed by atoms with Gasteiger partial charge in [0.1, 0.15) is 4.88 Å². The van der Waals surface area contributed by atoms with Crippen LogP contribution in [0.3, 0.4) is 0 Å². The van der Waals surface area contributed by atoms with Gasteiger partial charge >= 0.3 is 11.9 Å². The van der Waals surface area contributed by atoms with Crippen LogP contribution in [-0.4, -0.2) is 32.1 Å². The molecule has 3 aromatic rings. The van der Waals surface area contributed by atoms with E-state index in [1.807, 2.05) is 24.3 Å². The molecule has 0 saturated carbocycles. The first-order chi connectivity index (χ1) is 13.0. The largest absolute Gasteiger partial charge is 0.465 e. The Balaban J connectivity index is 2.01. The Morgan fingerprint density at radius 1 is 1.00 bits per heavy atom. The number of thiophene rings is 1. The summed E-state index contributed by atoms with van der Waals surface area (Å²) >= 11 is 7.57. The number of ether oxygens (including phenoxy) is 2. The lowest BCUT2D eigenvalue weighted by Gasteiger charge is -2.11. The maximum Gasteiger partial charge on any atom is 0.339 e. The molecule has 8 heteroatoms. The minimum absolute atomic E-state index is 0.107. The van der Waals surface area contributed by atoms with Gasteiger partial charge in [0.05, 0.1) is 36.1 Å². The molecule has 1 amide bonds. The van der Waals surface area contributed by atoms with Crippen LogP contribution in [0, 0.1) is 0 Å². The Morgan fingerprint density at radius 3 is 2.37 bits per heavy atom. The van der Waals surface area contributed by atoms with Gasteiger partial charge in [0.15, 0.2) is 0 Å². The molecule has 0 atom stereocenters. The van der Waals surface area contributed by atoms with E-state index in [4.69, 9.17) is 16.3 Å². The van der Waals surface area contributed by atoms with Crippen molar-refractivity contribution in [3.05, 3.63) is 63.5 Å². The number of hydrogen-bond acceptors (Lipinski definition) is 6. The maximum atomic E-state index is 12.8. The smallest absolute Gasteiger partial charge is 0.339 e.